The van der Waals surface area contributed by atoms with Gasteiger partial charge in [0.05, 0.1) is 126 Å². The number of aliphatic hydroxyl groups is 1. The topological polar surface area (TPSA) is 260 Å². The SMILES string of the molecule is COc1cc(=C2N=c3ccccc3=C2CO)[nH]/c1=C\c1[nH]c(C)cc1C.Cc1cc(C)c(/C=c2\[nH]c(=C3C=c4ccccc4=N3)cc2O)[nH]1.Cc1cc(C)c(/C=c2\[nH]c(=C3N=c4ccccc4=C3CCN(C)C)cc2OC(C)C)[nH]1.Cc1cc(C)c(/C=c2\[nH]c(=C3N=c4ccccc4=C3CCN3CCOCC3)cc2OC(C)C)[nH]1. The number of methoxy groups -OCH3 is 1. The van der Waals surface area contributed by atoms with Crippen LogP contribution < -0.4 is 99.3 Å². The lowest BCUT2D eigenvalue weighted by molar-refractivity contribution is 0.0390. The smallest absolute Gasteiger partial charge is 0.145 e. The van der Waals surface area contributed by atoms with E-state index in [0.717, 1.165) is 218 Å². The highest BCUT2D eigenvalue weighted by molar-refractivity contribution is 5.91. The number of hydrogen-bond acceptors (Lipinski definition) is 12. The Morgan fingerprint density at radius 1 is 0.456 bits per heavy atom. The van der Waals surface area contributed by atoms with Gasteiger partial charge in [-0.05, 0) is 222 Å². The summed E-state index contributed by atoms with van der Waals surface area (Å²) in [5.74, 6) is 2.66. The summed E-state index contributed by atoms with van der Waals surface area (Å²) in [4.78, 5) is 51.5. The maximum atomic E-state index is 10.2. The Balaban J connectivity index is 0.000000127. The summed E-state index contributed by atoms with van der Waals surface area (Å²) >= 11 is 0. The van der Waals surface area contributed by atoms with Gasteiger partial charge in [-0.2, -0.15) is 0 Å². The molecule has 10 N–H and O–H groups in total. The first kappa shape index (κ1) is 78.5. The van der Waals surface area contributed by atoms with E-state index in [0.29, 0.717) is 5.35 Å². The van der Waals surface area contributed by atoms with E-state index >= 15 is 0 Å². The maximum absolute atomic E-state index is 10.2. The van der Waals surface area contributed by atoms with Gasteiger partial charge >= 0.3 is 0 Å². The predicted octanol–water partition coefficient (Wildman–Crippen LogP) is 5.11. The van der Waals surface area contributed by atoms with E-state index < -0.39 is 0 Å². The lowest BCUT2D eigenvalue weighted by atomic mass is 10.1. The average Bonchev–Trinajstić information content (AvgIpc) is 1.63. The molecule has 0 saturated carbocycles. The standard InChI is InChI=1S/C28H34N4O2.C26H32N4O.C21H21N3O2.C19H17N3O/c1-18(2)34-27-17-26(30-25(27)16-24-19(3)15-20(4)29-24)28-22(9-10-32-11-13-33-14-12-32)21-7-5-6-8-23(21)31-28;1-16(2)31-25-15-24(28-23(25)14-22-17(3)13-18(4)27-22)26-20(11-12-30(5)6)19-9-7-8-10-21(19)29-26;1-12-8-13(2)22-17(12)9-18-20(26-3)10-19(23-18)21-15(11-25)14-6-4-5-7-16(14)24-21;1-11-7-12(2)20-15(11)9-18-19(23)10-17(22-18)16-8-13-5-3-4-6-14(13)21-16/h5-8,15-18,29-30H,9-14H2,1-4H3;7-10,13-16,27-28H,11-12H2,1-6H3;4-10,22-23,25H,11H2,1-3H3;3-10,20,22-23H,1-2H3/b25-16-,28-26?;23-14-,26-24?;18-9-,21-19?;17-16?,18-9-. The van der Waals surface area contributed by atoms with E-state index in [1.165, 1.54) is 38.3 Å². The van der Waals surface area contributed by atoms with Crippen molar-refractivity contribution >= 4 is 69.9 Å². The molecular weight excluding hydrogens is 1420 g/mol. The minimum atomic E-state index is -0.0643. The minimum absolute atomic E-state index is 0.0643. The van der Waals surface area contributed by atoms with Crippen molar-refractivity contribution in [2.45, 2.75) is 108 Å². The van der Waals surface area contributed by atoms with Gasteiger partial charge in [0.15, 0.2) is 0 Å². The molecule has 20 nitrogen and oxygen atoms in total. The van der Waals surface area contributed by atoms with Crippen molar-refractivity contribution in [3.05, 3.63) is 298 Å². The van der Waals surface area contributed by atoms with E-state index in [2.05, 4.69) is 222 Å². The quantitative estimate of drug-likeness (QED) is 0.0621. The summed E-state index contributed by atoms with van der Waals surface area (Å²) in [6.07, 6.45) is 12.3. The van der Waals surface area contributed by atoms with E-state index in [1.807, 2.05) is 99.7 Å². The lowest BCUT2D eigenvalue weighted by Gasteiger charge is -2.26. The fourth-order valence-electron chi connectivity index (χ4n) is 15.2. The van der Waals surface area contributed by atoms with Crippen LogP contribution in [0.25, 0.3) is 69.9 Å². The first-order valence-electron chi connectivity index (χ1n) is 39.2. The van der Waals surface area contributed by atoms with Crippen LogP contribution in [0, 0.1) is 55.4 Å². The molecule has 12 aromatic rings. The molecule has 4 aromatic carbocycles. The summed E-state index contributed by atoms with van der Waals surface area (Å²) in [5.41, 5.74) is 20.5. The van der Waals surface area contributed by atoms with E-state index in [-0.39, 0.29) is 24.6 Å². The second kappa shape index (κ2) is 34.4. The number of aromatic nitrogens is 8. The van der Waals surface area contributed by atoms with Crippen molar-refractivity contribution in [1.82, 2.24) is 49.7 Å². The number of fused-ring (bicyclic) bond motifs is 4. The Bertz CT molecular complexity index is 6720. The highest BCUT2D eigenvalue weighted by Gasteiger charge is 2.22. The third kappa shape index (κ3) is 17.8. The van der Waals surface area contributed by atoms with Gasteiger partial charge in [-0.1, -0.05) is 72.8 Å². The van der Waals surface area contributed by atoms with Crippen LogP contribution in [0.15, 0.2) is 166 Å². The maximum Gasteiger partial charge on any atom is 0.145 e. The average molecular weight is 1530 g/mol. The molecule has 586 valence electrons. The summed E-state index contributed by atoms with van der Waals surface area (Å²) in [5, 5.41) is 35.6. The van der Waals surface area contributed by atoms with Gasteiger partial charge in [0.25, 0.3) is 0 Å². The number of ether oxygens (including phenoxy) is 4. The highest BCUT2D eigenvalue weighted by atomic mass is 16.5. The van der Waals surface area contributed by atoms with Crippen LogP contribution in [0.4, 0.5) is 0 Å². The zero-order valence-electron chi connectivity index (χ0n) is 68.0. The number of aliphatic hydroxyl groups excluding tert-OH is 1. The second-order valence-corrected chi connectivity index (χ2v) is 30.7. The third-order valence-electron chi connectivity index (χ3n) is 20.6. The number of hydrogen-bond donors (Lipinski definition) is 10. The Morgan fingerprint density at radius 2 is 0.842 bits per heavy atom. The fraction of sp³-hybridized carbons (Fsp3) is 0.277. The number of morpholine rings is 1. The number of aromatic hydroxyl groups is 1. The van der Waals surface area contributed by atoms with Crippen molar-refractivity contribution in [1.29, 1.82) is 0 Å². The Morgan fingerprint density at radius 3 is 1.25 bits per heavy atom. The van der Waals surface area contributed by atoms with E-state index in [9.17, 15) is 10.2 Å². The number of nitrogens with one attached hydrogen (secondary N) is 8. The van der Waals surface area contributed by atoms with Gasteiger partial charge in [0.1, 0.15) is 23.0 Å². The van der Waals surface area contributed by atoms with Crippen LogP contribution in [-0.2, 0) is 4.74 Å². The molecule has 0 atom stereocenters. The number of nitrogens with zero attached hydrogens (tertiary/aromatic N) is 6. The van der Waals surface area contributed by atoms with Crippen LogP contribution in [0.3, 0.4) is 0 Å². The van der Waals surface area contributed by atoms with Gasteiger partial charge in [-0.25, -0.2) is 20.0 Å². The Labute approximate surface area is 661 Å². The number of aryl methyl sites for hydroxylation is 8. The number of rotatable bonds is 16. The molecule has 0 bridgehead atoms. The van der Waals surface area contributed by atoms with Crippen molar-refractivity contribution in [3.8, 4) is 23.0 Å². The Kier molecular flexibility index (Phi) is 23.7. The Hall–Kier alpha value is -12.2. The molecule has 13 heterocycles. The van der Waals surface area contributed by atoms with Gasteiger partial charge in [-0.15, -0.1) is 0 Å². The molecule has 0 radical (unpaired) electrons. The summed E-state index contributed by atoms with van der Waals surface area (Å²) in [6, 6.07) is 49.0. The predicted molar refractivity (Wildman–Crippen MR) is 455 cm³/mol. The molecule has 1 saturated heterocycles. The van der Waals surface area contributed by atoms with Crippen molar-refractivity contribution in [2.75, 3.05) is 67.2 Å². The van der Waals surface area contributed by atoms with Gasteiger partial charge in [0, 0.05) is 122 Å². The molecule has 8 aromatic heterocycles. The van der Waals surface area contributed by atoms with Crippen molar-refractivity contribution in [2.24, 2.45) is 20.0 Å². The normalized spacial score (nSPS) is 16.7. The third-order valence-corrected chi connectivity index (χ3v) is 20.6. The lowest BCUT2D eigenvalue weighted by Crippen LogP contribution is -2.37. The molecule has 5 aliphatic heterocycles. The van der Waals surface area contributed by atoms with Crippen LogP contribution in [-0.4, -0.2) is 139 Å². The van der Waals surface area contributed by atoms with Crippen LogP contribution >= 0.6 is 0 Å². The van der Waals surface area contributed by atoms with E-state index in [4.69, 9.17) is 33.9 Å². The van der Waals surface area contributed by atoms with Crippen LogP contribution in [0.5, 0.6) is 23.0 Å². The number of benzene rings is 4. The highest BCUT2D eigenvalue weighted by Crippen LogP contribution is 2.23. The van der Waals surface area contributed by atoms with Crippen LogP contribution in [0.1, 0.15) is 108 Å². The number of H-pyrrole nitrogens is 8. The first-order chi connectivity index (χ1) is 55.0. The van der Waals surface area contributed by atoms with Crippen molar-refractivity contribution in [3.63, 3.8) is 0 Å². The summed E-state index contributed by atoms with van der Waals surface area (Å²) in [7, 11) is 5.86. The largest absolute Gasteiger partial charge is 0.506 e. The van der Waals surface area contributed by atoms with Gasteiger partial charge < -0.3 is 73.9 Å². The summed E-state index contributed by atoms with van der Waals surface area (Å²) in [6.45, 7) is 30.3. The molecule has 17 rings (SSSR count). The molecule has 0 amide bonds. The molecule has 20 heteroatoms. The van der Waals surface area contributed by atoms with Gasteiger partial charge in [-0.3, -0.25) is 4.90 Å². The molecule has 5 aliphatic rings. The molecule has 0 unspecified atom stereocenters. The zero-order valence-corrected chi connectivity index (χ0v) is 68.0. The molecule has 114 heavy (non-hydrogen) atoms. The summed E-state index contributed by atoms with van der Waals surface area (Å²) < 4.78 is 23.4. The second-order valence-electron chi connectivity index (χ2n) is 30.7. The molecular formula is C94H104N14O6. The molecule has 0 spiro atoms. The first-order valence-corrected chi connectivity index (χ1v) is 39.2. The van der Waals surface area contributed by atoms with E-state index in [1.54, 1.807) is 13.2 Å². The molecule has 0 aliphatic carbocycles. The van der Waals surface area contributed by atoms with Crippen LogP contribution in [0.2, 0.25) is 0 Å². The number of para-hydroxylation sites is 4. The molecule has 1 fully saturated rings. The fourth-order valence-corrected chi connectivity index (χ4v) is 15.2. The van der Waals surface area contributed by atoms with Crippen molar-refractivity contribution < 1.29 is 29.2 Å². The monoisotopic (exact) mass is 1520 g/mol. The van der Waals surface area contributed by atoms with Gasteiger partial charge in [0.2, 0.25) is 0 Å². The minimum Gasteiger partial charge on any atom is -0.506 e. The number of aromatic amines is 8. The zero-order chi connectivity index (χ0) is 80.0.